The van der Waals surface area contributed by atoms with Gasteiger partial charge in [0.15, 0.2) is 23.4 Å². The molecular weight excluding hydrogens is 362 g/mol. The van der Waals surface area contributed by atoms with Gasteiger partial charge in [-0.05, 0) is 36.8 Å². The number of carbonyl (C=O) groups is 3. The van der Waals surface area contributed by atoms with Crippen molar-refractivity contribution in [2.24, 2.45) is 0 Å². The Kier molecular flexibility index (Phi) is 4.73. The lowest BCUT2D eigenvalue weighted by atomic mass is 10.1. The minimum atomic E-state index is -0.819. The van der Waals surface area contributed by atoms with E-state index in [4.69, 9.17) is 14.2 Å². The molecule has 2 heterocycles. The van der Waals surface area contributed by atoms with Gasteiger partial charge in [-0.15, -0.1) is 0 Å². The normalized spacial score (nSPS) is 18.2. The fourth-order valence-corrected chi connectivity index (χ4v) is 3.23. The molecule has 0 saturated heterocycles. The average molecular weight is 381 g/mol. The molecule has 2 aromatic carbocycles. The maximum absolute atomic E-state index is 12.9. The van der Waals surface area contributed by atoms with Gasteiger partial charge in [0.2, 0.25) is 0 Å². The minimum absolute atomic E-state index is 0.266. The van der Waals surface area contributed by atoms with Gasteiger partial charge in [0.1, 0.15) is 19.0 Å². The first-order valence-electron chi connectivity index (χ1n) is 9.12. The van der Waals surface area contributed by atoms with Gasteiger partial charge in [-0.2, -0.15) is 0 Å². The van der Waals surface area contributed by atoms with E-state index in [0.29, 0.717) is 42.4 Å². The average Bonchev–Trinajstić information content (AvgIpc) is 2.83. The summed E-state index contributed by atoms with van der Waals surface area (Å²) in [5, 5.41) is 0. The Balaban J connectivity index is 1.63. The van der Waals surface area contributed by atoms with E-state index >= 15 is 0 Å². The summed E-state index contributed by atoms with van der Waals surface area (Å²) in [6.45, 7) is 2.28. The summed E-state index contributed by atoms with van der Waals surface area (Å²) < 4.78 is 16.7. The molecule has 0 spiro atoms. The lowest BCUT2D eigenvalue weighted by Gasteiger charge is -2.22. The van der Waals surface area contributed by atoms with Crippen LogP contribution < -0.4 is 14.2 Å². The Morgan fingerprint density at radius 1 is 1.04 bits per heavy atom. The van der Waals surface area contributed by atoms with Gasteiger partial charge in [-0.1, -0.05) is 19.1 Å². The van der Waals surface area contributed by atoms with Gasteiger partial charge in [0.05, 0.1) is 12.1 Å². The number of nitrogens with zero attached hydrogens (tertiary/aromatic N) is 1. The third-order valence-electron chi connectivity index (χ3n) is 4.71. The highest BCUT2D eigenvalue weighted by Crippen LogP contribution is 2.31. The molecule has 0 radical (unpaired) electrons. The van der Waals surface area contributed by atoms with E-state index in [1.54, 1.807) is 49.4 Å². The predicted molar refractivity (Wildman–Crippen MR) is 99.0 cm³/mol. The molecule has 0 fully saturated rings. The summed E-state index contributed by atoms with van der Waals surface area (Å²) in [4.78, 5) is 39.6. The molecule has 0 unspecified atom stereocenters. The molecule has 0 N–H and O–H groups in total. The van der Waals surface area contributed by atoms with Gasteiger partial charge in [0.25, 0.3) is 11.8 Å². The maximum Gasteiger partial charge on any atom is 0.270 e. The predicted octanol–water partition coefficient (Wildman–Crippen LogP) is 2.48. The van der Waals surface area contributed by atoms with E-state index in [0.717, 1.165) is 4.90 Å². The number of hydrogen-bond acceptors (Lipinski definition) is 6. The fourth-order valence-electron chi connectivity index (χ4n) is 3.23. The van der Waals surface area contributed by atoms with Gasteiger partial charge < -0.3 is 14.2 Å². The Morgan fingerprint density at radius 3 is 2.57 bits per heavy atom. The van der Waals surface area contributed by atoms with E-state index in [-0.39, 0.29) is 17.9 Å². The van der Waals surface area contributed by atoms with Crippen LogP contribution in [0.5, 0.6) is 17.2 Å². The number of Topliss-reactive ketones (excluding diaryl/α,β-unsaturated/α-hetero) is 1. The van der Waals surface area contributed by atoms with Crippen LogP contribution in [0, 0.1) is 0 Å². The van der Waals surface area contributed by atoms with Crippen molar-refractivity contribution in [1.82, 2.24) is 4.90 Å². The molecule has 28 heavy (non-hydrogen) atoms. The quantitative estimate of drug-likeness (QED) is 0.598. The number of amides is 2. The van der Waals surface area contributed by atoms with E-state index in [1.165, 1.54) is 0 Å². The van der Waals surface area contributed by atoms with E-state index in [2.05, 4.69) is 0 Å². The molecule has 0 bridgehead atoms. The van der Waals surface area contributed by atoms with Crippen LogP contribution in [0.15, 0.2) is 42.5 Å². The van der Waals surface area contributed by atoms with Crippen LogP contribution >= 0.6 is 0 Å². The highest BCUT2D eigenvalue weighted by Gasteiger charge is 2.36. The zero-order valence-electron chi connectivity index (χ0n) is 15.3. The second-order valence-corrected chi connectivity index (χ2v) is 6.52. The van der Waals surface area contributed by atoms with Crippen molar-refractivity contribution in [3.05, 3.63) is 53.6 Å². The first-order chi connectivity index (χ1) is 13.6. The number of imide groups is 1. The van der Waals surface area contributed by atoms with Crippen molar-refractivity contribution in [1.29, 1.82) is 0 Å². The lowest BCUT2D eigenvalue weighted by molar-refractivity contribution is -0.135. The van der Waals surface area contributed by atoms with Gasteiger partial charge in [0, 0.05) is 5.56 Å². The third-order valence-corrected chi connectivity index (χ3v) is 4.71. The minimum Gasteiger partial charge on any atom is -0.486 e. The van der Waals surface area contributed by atoms with Gasteiger partial charge >= 0.3 is 0 Å². The summed E-state index contributed by atoms with van der Waals surface area (Å²) in [5.41, 5.74) is 0.609. The number of ketones is 1. The fraction of sp³-hybridized carbons (Fsp3) is 0.286. The Morgan fingerprint density at radius 2 is 1.79 bits per heavy atom. The third kappa shape index (κ3) is 3.19. The molecule has 4 rings (SSSR count). The molecule has 7 heteroatoms. The van der Waals surface area contributed by atoms with Crippen molar-refractivity contribution >= 4 is 17.6 Å². The second-order valence-electron chi connectivity index (χ2n) is 6.52. The van der Waals surface area contributed by atoms with Crippen molar-refractivity contribution < 1.29 is 28.6 Å². The van der Waals surface area contributed by atoms with Crippen LogP contribution in [0.1, 0.15) is 34.1 Å². The van der Waals surface area contributed by atoms with E-state index in [1.807, 2.05) is 0 Å². The summed E-state index contributed by atoms with van der Waals surface area (Å²) in [7, 11) is 0. The molecule has 0 saturated carbocycles. The molecule has 1 atom stereocenters. The number of benzene rings is 2. The monoisotopic (exact) mass is 381 g/mol. The van der Waals surface area contributed by atoms with Crippen LogP contribution in [0.25, 0.3) is 0 Å². The molecule has 0 aliphatic carbocycles. The molecule has 2 aliphatic heterocycles. The van der Waals surface area contributed by atoms with Crippen LogP contribution in [-0.4, -0.2) is 48.4 Å². The van der Waals surface area contributed by atoms with Crippen molar-refractivity contribution in [3.8, 4) is 17.2 Å². The second kappa shape index (κ2) is 7.34. The number of ether oxygens (including phenoxy) is 3. The van der Waals surface area contributed by atoms with E-state index in [9.17, 15) is 14.4 Å². The molecule has 2 amide bonds. The van der Waals surface area contributed by atoms with E-state index < -0.39 is 17.9 Å². The SMILES string of the molecule is CC[C@@H]1Oc2ccccc2C(=O)N(CC(=O)c2ccc3c(c2)OCCO3)C1=O. The number of rotatable bonds is 4. The standard InChI is InChI=1S/C21H19NO6/c1-2-16-21(25)22(20(24)14-5-3-4-6-17(14)28-16)12-15(23)13-7-8-18-19(11-13)27-10-9-26-18/h3-8,11,16H,2,9-10,12H2,1H3/t16-/m0/s1. The zero-order chi connectivity index (χ0) is 19.7. The number of para-hydroxylation sites is 1. The highest BCUT2D eigenvalue weighted by molar-refractivity contribution is 6.12. The molecule has 7 nitrogen and oxygen atoms in total. The first-order valence-corrected chi connectivity index (χ1v) is 9.12. The Hall–Kier alpha value is -3.35. The largest absolute Gasteiger partial charge is 0.486 e. The summed E-state index contributed by atoms with van der Waals surface area (Å²) in [6, 6.07) is 11.5. The summed E-state index contributed by atoms with van der Waals surface area (Å²) >= 11 is 0. The topological polar surface area (TPSA) is 82.1 Å². The lowest BCUT2D eigenvalue weighted by Crippen LogP contribution is -2.45. The summed E-state index contributed by atoms with van der Waals surface area (Å²) in [5.74, 6) is -0.0317. The zero-order valence-corrected chi connectivity index (χ0v) is 15.3. The highest BCUT2D eigenvalue weighted by atomic mass is 16.6. The van der Waals surface area contributed by atoms with Crippen LogP contribution in [0.2, 0.25) is 0 Å². The first kappa shape index (κ1) is 18.0. The molecule has 144 valence electrons. The Labute approximate surface area is 161 Å². The molecule has 2 aromatic rings. The molecular formula is C21H19NO6. The number of fused-ring (bicyclic) bond motifs is 2. The Bertz CT molecular complexity index is 954. The van der Waals surface area contributed by atoms with Crippen molar-refractivity contribution in [2.75, 3.05) is 19.8 Å². The van der Waals surface area contributed by atoms with Crippen LogP contribution in [0.3, 0.4) is 0 Å². The summed E-state index contributed by atoms with van der Waals surface area (Å²) in [6.07, 6.45) is -0.435. The van der Waals surface area contributed by atoms with Gasteiger partial charge in [-0.3, -0.25) is 19.3 Å². The number of hydrogen-bond donors (Lipinski definition) is 0. The number of carbonyl (C=O) groups excluding carboxylic acids is 3. The van der Waals surface area contributed by atoms with Gasteiger partial charge in [-0.25, -0.2) is 0 Å². The maximum atomic E-state index is 12.9. The van der Waals surface area contributed by atoms with Crippen molar-refractivity contribution in [3.63, 3.8) is 0 Å². The van der Waals surface area contributed by atoms with Crippen LogP contribution in [-0.2, 0) is 4.79 Å². The van der Waals surface area contributed by atoms with Crippen molar-refractivity contribution in [2.45, 2.75) is 19.4 Å². The van der Waals surface area contributed by atoms with Crippen LogP contribution in [0.4, 0.5) is 0 Å². The molecule has 2 aliphatic rings. The molecule has 0 aromatic heterocycles. The smallest absolute Gasteiger partial charge is 0.270 e.